The van der Waals surface area contributed by atoms with Crippen molar-refractivity contribution in [3.8, 4) is 6.07 Å². The van der Waals surface area contributed by atoms with Crippen LogP contribution in [-0.4, -0.2) is 41.5 Å². The van der Waals surface area contributed by atoms with Gasteiger partial charge in [0.05, 0.1) is 18.1 Å². The second-order valence-electron chi connectivity index (χ2n) is 4.89. The van der Waals surface area contributed by atoms with Gasteiger partial charge in [0, 0.05) is 19.3 Å². The van der Waals surface area contributed by atoms with E-state index in [2.05, 4.69) is 4.98 Å². The number of piperidine rings is 1. The number of hydrogen-bond acceptors (Lipinski definition) is 5. The quantitative estimate of drug-likeness (QED) is 0.784. The minimum atomic E-state index is -0.256. The Morgan fingerprint density at radius 1 is 1.52 bits per heavy atom. The summed E-state index contributed by atoms with van der Waals surface area (Å²) in [7, 11) is 0. The Kier molecular flexibility index (Phi) is 4.88. The molecular formula is C15H17N3O3. The monoisotopic (exact) mass is 287 g/mol. The zero-order valence-corrected chi connectivity index (χ0v) is 11.9. The van der Waals surface area contributed by atoms with E-state index in [4.69, 9.17) is 10.00 Å². The molecule has 0 spiro atoms. The van der Waals surface area contributed by atoms with E-state index >= 15 is 0 Å². The number of nitrogens with zero attached hydrogens (tertiary/aromatic N) is 3. The smallest absolute Gasteiger partial charge is 0.310 e. The first-order valence-corrected chi connectivity index (χ1v) is 6.97. The number of aromatic nitrogens is 1. The lowest BCUT2D eigenvalue weighted by Gasteiger charge is -2.31. The van der Waals surface area contributed by atoms with Crippen LogP contribution in [0.3, 0.4) is 0 Å². The number of rotatable bonds is 3. The molecule has 2 rings (SSSR count). The molecule has 0 aliphatic carbocycles. The number of esters is 1. The topological polar surface area (TPSA) is 83.3 Å². The summed E-state index contributed by atoms with van der Waals surface area (Å²) < 4.78 is 5.02. The van der Waals surface area contributed by atoms with Crippen molar-refractivity contribution in [2.24, 2.45) is 5.92 Å². The molecule has 1 atom stereocenters. The Balaban J connectivity index is 2.04. The van der Waals surface area contributed by atoms with Crippen molar-refractivity contribution in [1.29, 1.82) is 5.26 Å². The van der Waals surface area contributed by atoms with Gasteiger partial charge >= 0.3 is 5.97 Å². The van der Waals surface area contributed by atoms with Crippen molar-refractivity contribution >= 4 is 11.9 Å². The summed E-state index contributed by atoms with van der Waals surface area (Å²) in [5, 5.41) is 8.70. The van der Waals surface area contributed by atoms with Crippen LogP contribution in [0.1, 0.15) is 35.8 Å². The molecule has 110 valence electrons. The third kappa shape index (κ3) is 3.57. The van der Waals surface area contributed by atoms with Gasteiger partial charge in [0.1, 0.15) is 11.8 Å². The molecule has 0 saturated carbocycles. The maximum absolute atomic E-state index is 12.4. The molecule has 0 N–H and O–H groups in total. The van der Waals surface area contributed by atoms with Crippen LogP contribution in [0.15, 0.2) is 18.3 Å². The van der Waals surface area contributed by atoms with Gasteiger partial charge < -0.3 is 9.64 Å². The molecule has 6 heteroatoms. The highest BCUT2D eigenvalue weighted by Gasteiger charge is 2.29. The summed E-state index contributed by atoms with van der Waals surface area (Å²) in [6.45, 7) is 3.11. The average Bonchev–Trinajstić information content (AvgIpc) is 2.54. The van der Waals surface area contributed by atoms with Gasteiger partial charge in [-0.2, -0.15) is 5.26 Å². The van der Waals surface area contributed by atoms with Gasteiger partial charge in [0.25, 0.3) is 5.91 Å². The Bertz CT molecular complexity index is 563. The normalized spacial score (nSPS) is 17.9. The van der Waals surface area contributed by atoms with E-state index in [1.54, 1.807) is 17.9 Å². The first kappa shape index (κ1) is 15.0. The Hall–Kier alpha value is -2.42. The number of nitriles is 1. The van der Waals surface area contributed by atoms with E-state index < -0.39 is 0 Å². The van der Waals surface area contributed by atoms with Crippen LogP contribution in [0.25, 0.3) is 0 Å². The molecule has 1 amide bonds. The third-order valence-corrected chi connectivity index (χ3v) is 3.45. The van der Waals surface area contributed by atoms with Crippen LogP contribution in [0.5, 0.6) is 0 Å². The molecule has 0 radical (unpaired) electrons. The number of carbonyl (C=O) groups excluding carboxylic acids is 2. The molecule has 1 aromatic heterocycles. The van der Waals surface area contributed by atoms with Gasteiger partial charge in [-0.25, -0.2) is 4.98 Å². The van der Waals surface area contributed by atoms with Crippen molar-refractivity contribution in [1.82, 2.24) is 9.88 Å². The highest BCUT2D eigenvalue weighted by atomic mass is 16.5. The standard InChI is InChI=1S/C15H17N3O3/c1-2-21-15(20)12-4-3-7-18(10-12)14(19)11-5-6-13(8-16)17-9-11/h5-6,9,12H,2-4,7,10H2,1H3. The van der Waals surface area contributed by atoms with Crippen molar-refractivity contribution in [2.45, 2.75) is 19.8 Å². The van der Waals surface area contributed by atoms with Crippen molar-refractivity contribution in [3.63, 3.8) is 0 Å². The molecule has 1 aliphatic rings. The van der Waals surface area contributed by atoms with E-state index in [1.165, 1.54) is 12.3 Å². The molecule has 0 bridgehead atoms. The highest BCUT2D eigenvalue weighted by Crippen LogP contribution is 2.19. The lowest BCUT2D eigenvalue weighted by atomic mass is 9.97. The average molecular weight is 287 g/mol. The Morgan fingerprint density at radius 3 is 2.95 bits per heavy atom. The second-order valence-corrected chi connectivity index (χ2v) is 4.89. The predicted octanol–water partition coefficient (Wildman–Crippen LogP) is 1.37. The van der Waals surface area contributed by atoms with Crippen molar-refractivity contribution in [2.75, 3.05) is 19.7 Å². The van der Waals surface area contributed by atoms with Gasteiger partial charge in [-0.3, -0.25) is 9.59 Å². The molecule has 0 aromatic carbocycles. The van der Waals surface area contributed by atoms with E-state index in [-0.39, 0.29) is 23.5 Å². The summed E-state index contributed by atoms with van der Waals surface area (Å²) in [6, 6.07) is 5.01. The SMILES string of the molecule is CCOC(=O)C1CCCN(C(=O)c2ccc(C#N)nc2)C1. The molecule has 1 fully saturated rings. The maximum atomic E-state index is 12.4. The number of pyridine rings is 1. The van der Waals surface area contributed by atoms with E-state index in [9.17, 15) is 9.59 Å². The van der Waals surface area contributed by atoms with Crippen LogP contribution in [-0.2, 0) is 9.53 Å². The minimum Gasteiger partial charge on any atom is -0.466 e. The molecule has 1 saturated heterocycles. The molecule has 6 nitrogen and oxygen atoms in total. The van der Waals surface area contributed by atoms with Gasteiger partial charge in [-0.05, 0) is 31.9 Å². The first-order valence-electron chi connectivity index (χ1n) is 6.97. The number of likely N-dealkylation sites (tertiary alicyclic amines) is 1. The van der Waals surface area contributed by atoms with Crippen LogP contribution >= 0.6 is 0 Å². The Labute approximate surface area is 123 Å². The molecular weight excluding hydrogens is 270 g/mol. The first-order chi connectivity index (χ1) is 10.2. The number of hydrogen-bond donors (Lipinski definition) is 0. The van der Waals surface area contributed by atoms with E-state index in [1.807, 2.05) is 6.07 Å². The number of carbonyl (C=O) groups is 2. The lowest BCUT2D eigenvalue weighted by Crippen LogP contribution is -2.42. The van der Waals surface area contributed by atoms with Crippen molar-refractivity contribution in [3.05, 3.63) is 29.6 Å². The fourth-order valence-electron chi connectivity index (χ4n) is 2.38. The van der Waals surface area contributed by atoms with Crippen LogP contribution in [0.4, 0.5) is 0 Å². The predicted molar refractivity (Wildman–Crippen MR) is 74.2 cm³/mol. The van der Waals surface area contributed by atoms with Crippen LogP contribution in [0, 0.1) is 17.2 Å². The number of amides is 1. The lowest BCUT2D eigenvalue weighted by molar-refractivity contribution is -0.149. The van der Waals surface area contributed by atoms with Crippen LogP contribution < -0.4 is 0 Å². The summed E-state index contributed by atoms with van der Waals surface area (Å²) in [6.07, 6.45) is 2.92. The van der Waals surface area contributed by atoms with E-state index in [0.29, 0.717) is 25.3 Å². The van der Waals surface area contributed by atoms with Gasteiger partial charge in [0.2, 0.25) is 0 Å². The summed E-state index contributed by atoms with van der Waals surface area (Å²) in [5.74, 6) is -0.664. The van der Waals surface area contributed by atoms with Crippen LogP contribution in [0.2, 0.25) is 0 Å². The summed E-state index contributed by atoms with van der Waals surface area (Å²) in [5.41, 5.74) is 0.702. The van der Waals surface area contributed by atoms with Gasteiger partial charge in [0.15, 0.2) is 0 Å². The zero-order valence-electron chi connectivity index (χ0n) is 11.9. The molecule has 1 unspecified atom stereocenters. The fourth-order valence-corrected chi connectivity index (χ4v) is 2.38. The summed E-state index contributed by atoms with van der Waals surface area (Å²) in [4.78, 5) is 29.7. The fraction of sp³-hybridized carbons (Fsp3) is 0.467. The minimum absolute atomic E-state index is 0.166. The largest absolute Gasteiger partial charge is 0.466 e. The summed E-state index contributed by atoms with van der Waals surface area (Å²) >= 11 is 0. The van der Waals surface area contributed by atoms with E-state index in [0.717, 1.165) is 12.8 Å². The third-order valence-electron chi connectivity index (χ3n) is 3.45. The van der Waals surface area contributed by atoms with Crippen molar-refractivity contribution < 1.29 is 14.3 Å². The zero-order chi connectivity index (χ0) is 15.2. The molecule has 1 aliphatic heterocycles. The van der Waals surface area contributed by atoms with Gasteiger partial charge in [-0.1, -0.05) is 0 Å². The molecule has 2 heterocycles. The molecule has 21 heavy (non-hydrogen) atoms. The maximum Gasteiger partial charge on any atom is 0.310 e. The highest BCUT2D eigenvalue weighted by molar-refractivity contribution is 5.94. The number of ether oxygens (including phenoxy) is 1. The molecule has 1 aromatic rings. The van der Waals surface area contributed by atoms with Gasteiger partial charge in [-0.15, -0.1) is 0 Å². The second kappa shape index (κ2) is 6.84. The Morgan fingerprint density at radius 2 is 2.33 bits per heavy atom.